The molecule has 5 heteroatoms. The predicted molar refractivity (Wildman–Crippen MR) is 71.1 cm³/mol. The molecule has 0 saturated carbocycles. The van der Waals surface area contributed by atoms with Crippen molar-refractivity contribution in [3.05, 3.63) is 0 Å². The third kappa shape index (κ3) is 3.90. The molecule has 1 fully saturated rings. The summed E-state index contributed by atoms with van der Waals surface area (Å²) in [6.07, 6.45) is 0. The topological polar surface area (TPSA) is 52.6 Å². The number of carbonyl (C=O) groups is 2. The van der Waals surface area contributed by atoms with E-state index in [1.165, 1.54) is 13.8 Å². The Morgan fingerprint density at radius 2 is 1.61 bits per heavy atom. The first-order chi connectivity index (χ1) is 8.32. The van der Waals surface area contributed by atoms with Crippen molar-refractivity contribution in [2.45, 2.75) is 45.3 Å². The summed E-state index contributed by atoms with van der Waals surface area (Å²) in [5.41, 5.74) is -0.144. The molecule has 1 aliphatic rings. The van der Waals surface area contributed by atoms with Crippen LogP contribution in [0.2, 0.25) is 0 Å². The number of carbonyl (C=O) groups excluding carboxylic acids is 2. The van der Waals surface area contributed by atoms with Gasteiger partial charge in [0.05, 0.1) is 0 Å². The van der Waals surface area contributed by atoms with Gasteiger partial charge in [-0.15, -0.1) is 11.8 Å². The highest BCUT2D eigenvalue weighted by Crippen LogP contribution is 2.43. The van der Waals surface area contributed by atoms with Crippen LogP contribution in [0.4, 0.5) is 0 Å². The van der Waals surface area contributed by atoms with E-state index < -0.39 is 0 Å². The summed E-state index contributed by atoms with van der Waals surface area (Å²) in [7, 11) is 0. The molecule has 0 spiro atoms. The summed E-state index contributed by atoms with van der Waals surface area (Å²) in [5.74, 6) is 0.639. The number of hydrogen-bond acceptors (Lipinski definition) is 5. The monoisotopic (exact) mass is 274 g/mol. The van der Waals surface area contributed by atoms with Gasteiger partial charge in [-0.2, -0.15) is 0 Å². The second kappa shape index (κ2) is 6.45. The van der Waals surface area contributed by atoms with Crippen LogP contribution in [-0.4, -0.2) is 29.2 Å². The number of hydrogen-bond donors (Lipinski definition) is 0. The molecule has 0 bridgehead atoms. The maximum Gasteiger partial charge on any atom is 0.303 e. The van der Waals surface area contributed by atoms with Gasteiger partial charge in [0.2, 0.25) is 0 Å². The molecule has 0 aromatic heterocycles. The van der Waals surface area contributed by atoms with E-state index in [4.69, 9.17) is 9.47 Å². The first-order valence-electron chi connectivity index (χ1n) is 6.29. The Morgan fingerprint density at radius 1 is 1.00 bits per heavy atom. The molecule has 0 radical (unpaired) electrons. The lowest BCUT2D eigenvalue weighted by atomic mass is 9.82. The highest BCUT2D eigenvalue weighted by atomic mass is 32.2. The Kier molecular flexibility index (Phi) is 5.50. The zero-order valence-electron chi connectivity index (χ0n) is 11.6. The molecule has 1 heterocycles. The minimum absolute atomic E-state index is 0.144. The second-order valence-electron chi connectivity index (χ2n) is 5.03. The van der Waals surface area contributed by atoms with Gasteiger partial charge in [0, 0.05) is 25.0 Å². The number of rotatable bonds is 3. The van der Waals surface area contributed by atoms with E-state index >= 15 is 0 Å². The van der Waals surface area contributed by atoms with E-state index in [9.17, 15) is 9.59 Å². The molecular formula is C13H22O4S. The summed E-state index contributed by atoms with van der Waals surface area (Å²) < 4.78 is 10.4. The predicted octanol–water partition coefficient (Wildman–Crippen LogP) is 2.46. The second-order valence-corrected chi connectivity index (χ2v) is 6.37. The van der Waals surface area contributed by atoms with E-state index in [0.717, 1.165) is 0 Å². The molecule has 0 N–H and O–H groups in total. The summed E-state index contributed by atoms with van der Waals surface area (Å²) >= 11 is 1.60. The van der Waals surface area contributed by atoms with Crippen molar-refractivity contribution < 1.29 is 19.1 Å². The van der Waals surface area contributed by atoms with E-state index in [-0.39, 0.29) is 22.6 Å². The molecule has 1 saturated heterocycles. The fraction of sp³-hybridized carbons (Fsp3) is 0.846. The maximum absolute atomic E-state index is 11.1. The van der Waals surface area contributed by atoms with Gasteiger partial charge in [-0.3, -0.25) is 9.59 Å². The molecule has 4 nitrogen and oxygen atoms in total. The molecule has 0 amide bonds. The lowest BCUT2D eigenvalue weighted by molar-refractivity contribution is -0.146. The Labute approximate surface area is 113 Å². The van der Waals surface area contributed by atoms with Crippen LogP contribution in [0.1, 0.15) is 34.6 Å². The largest absolute Gasteiger partial charge is 0.465 e. The van der Waals surface area contributed by atoms with Crippen LogP contribution in [0.5, 0.6) is 0 Å². The lowest BCUT2D eigenvalue weighted by Crippen LogP contribution is -2.42. The van der Waals surface area contributed by atoms with E-state index in [0.29, 0.717) is 24.4 Å². The normalized spacial score (nSPS) is 35.9. The zero-order chi connectivity index (χ0) is 13.9. The third-order valence-electron chi connectivity index (χ3n) is 3.72. The Morgan fingerprint density at radius 3 is 2.11 bits per heavy atom. The maximum atomic E-state index is 11.1. The van der Waals surface area contributed by atoms with Crippen molar-refractivity contribution in [1.29, 1.82) is 0 Å². The average Bonchev–Trinajstić information content (AvgIpc) is 2.27. The lowest BCUT2D eigenvalue weighted by Gasteiger charge is -2.42. The first kappa shape index (κ1) is 15.3. The van der Waals surface area contributed by atoms with Crippen molar-refractivity contribution in [3.63, 3.8) is 0 Å². The van der Waals surface area contributed by atoms with Crippen LogP contribution in [0.3, 0.4) is 0 Å². The van der Waals surface area contributed by atoms with Gasteiger partial charge in [-0.1, -0.05) is 20.8 Å². The van der Waals surface area contributed by atoms with Crippen LogP contribution >= 0.6 is 11.8 Å². The van der Waals surface area contributed by atoms with Gasteiger partial charge in [0.15, 0.2) is 5.44 Å². The Balaban J connectivity index is 2.67. The molecule has 5 atom stereocenters. The zero-order valence-corrected chi connectivity index (χ0v) is 12.5. The van der Waals surface area contributed by atoms with E-state index in [1.54, 1.807) is 11.8 Å². The van der Waals surface area contributed by atoms with Gasteiger partial charge in [-0.25, -0.2) is 0 Å². The van der Waals surface area contributed by atoms with Crippen LogP contribution < -0.4 is 0 Å². The van der Waals surface area contributed by atoms with Gasteiger partial charge in [0.25, 0.3) is 0 Å². The molecule has 1 aliphatic heterocycles. The molecule has 18 heavy (non-hydrogen) atoms. The molecule has 104 valence electrons. The first-order valence-corrected chi connectivity index (χ1v) is 7.23. The van der Waals surface area contributed by atoms with Crippen molar-refractivity contribution in [2.75, 3.05) is 6.61 Å². The fourth-order valence-electron chi connectivity index (χ4n) is 2.17. The third-order valence-corrected chi connectivity index (χ3v) is 5.43. The highest BCUT2D eigenvalue weighted by molar-refractivity contribution is 8.00. The van der Waals surface area contributed by atoms with Crippen LogP contribution in [0.15, 0.2) is 0 Å². The van der Waals surface area contributed by atoms with Gasteiger partial charge in [-0.05, 0) is 11.8 Å². The molecule has 3 unspecified atom stereocenters. The summed E-state index contributed by atoms with van der Waals surface area (Å²) in [6.45, 7) is 9.64. The van der Waals surface area contributed by atoms with Gasteiger partial charge >= 0.3 is 11.9 Å². The number of ether oxygens (including phenoxy) is 2. The van der Waals surface area contributed by atoms with Crippen molar-refractivity contribution >= 4 is 23.7 Å². The van der Waals surface area contributed by atoms with E-state index in [1.807, 2.05) is 0 Å². The van der Waals surface area contributed by atoms with Crippen molar-refractivity contribution in [3.8, 4) is 0 Å². The van der Waals surface area contributed by atoms with Crippen molar-refractivity contribution in [2.24, 2.45) is 17.8 Å². The average molecular weight is 274 g/mol. The smallest absolute Gasteiger partial charge is 0.303 e. The summed E-state index contributed by atoms with van der Waals surface area (Å²) in [5, 5.41) is 0.185. The molecule has 0 aliphatic carbocycles. The fourth-order valence-corrected chi connectivity index (χ4v) is 3.85. The van der Waals surface area contributed by atoms with Crippen molar-refractivity contribution in [1.82, 2.24) is 0 Å². The molecule has 0 aromatic rings. The Hall–Kier alpha value is -0.710. The molecule has 0 aromatic carbocycles. The number of thioether (sulfide) groups is 1. The minimum Gasteiger partial charge on any atom is -0.465 e. The number of esters is 2. The van der Waals surface area contributed by atoms with Crippen LogP contribution in [-0.2, 0) is 19.1 Å². The summed E-state index contributed by atoms with van der Waals surface area (Å²) in [4.78, 5) is 22.0. The van der Waals surface area contributed by atoms with Crippen LogP contribution in [0.25, 0.3) is 0 Å². The van der Waals surface area contributed by atoms with Gasteiger partial charge < -0.3 is 9.47 Å². The quantitative estimate of drug-likeness (QED) is 0.740. The minimum atomic E-state index is -0.266. The molecule has 1 rings (SSSR count). The Bertz CT molecular complexity index is 316. The van der Waals surface area contributed by atoms with Gasteiger partial charge in [0.1, 0.15) is 6.61 Å². The standard InChI is InChI=1S/C13H22O4S/c1-7-8(2)12(6-16-10(4)14)18-13(9(7)3)17-11(5)15/h7-9,12-13H,6H2,1-5H3/t7-,8?,9+,12?,13?/m0/s1. The molecular weight excluding hydrogens is 252 g/mol. The SMILES string of the molecule is CC(=O)OCC1SC(OC(C)=O)[C@H](C)[C@@H](C)C1C. The van der Waals surface area contributed by atoms with E-state index in [2.05, 4.69) is 20.8 Å². The summed E-state index contributed by atoms with van der Waals surface area (Å²) in [6, 6.07) is 0. The highest BCUT2D eigenvalue weighted by Gasteiger charge is 2.40. The van der Waals surface area contributed by atoms with Crippen LogP contribution in [0, 0.1) is 17.8 Å².